The zero-order chi connectivity index (χ0) is 14.7. The number of hydrogen-bond acceptors (Lipinski definition) is 5. The van der Waals surface area contributed by atoms with E-state index in [-0.39, 0.29) is 5.56 Å². The molecule has 0 aliphatic carbocycles. The van der Waals surface area contributed by atoms with Gasteiger partial charge in [0.25, 0.3) is 0 Å². The highest BCUT2D eigenvalue weighted by atomic mass is 16.4. The number of carbonyl (C=O) groups is 1. The van der Waals surface area contributed by atoms with Gasteiger partial charge < -0.3 is 10.0 Å². The zero-order valence-corrected chi connectivity index (χ0v) is 11.7. The van der Waals surface area contributed by atoms with Crippen LogP contribution in [-0.4, -0.2) is 33.3 Å². The summed E-state index contributed by atoms with van der Waals surface area (Å²) in [4.78, 5) is 17.4. The van der Waals surface area contributed by atoms with Crippen molar-refractivity contribution in [1.82, 2.24) is 15.2 Å². The van der Waals surface area contributed by atoms with Crippen LogP contribution in [0.15, 0.2) is 24.4 Å². The van der Waals surface area contributed by atoms with Gasteiger partial charge >= 0.3 is 5.97 Å². The molecule has 0 atom stereocenters. The predicted molar refractivity (Wildman–Crippen MR) is 74.8 cm³/mol. The van der Waals surface area contributed by atoms with Gasteiger partial charge in [-0.05, 0) is 31.5 Å². The summed E-state index contributed by atoms with van der Waals surface area (Å²) < 4.78 is 0. The van der Waals surface area contributed by atoms with Gasteiger partial charge in [-0.15, -0.1) is 5.10 Å². The van der Waals surface area contributed by atoms with Crippen molar-refractivity contribution in [2.75, 3.05) is 11.9 Å². The number of pyridine rings is 1. The van der Waals surface area contributed by atoms with Gasteiger partial charge in [-0.25, -0.2) is 4.79 Å². The molecule has 0 unspecified atom stereocenters. The number of aryl methyl sites for hydroxylation is 1. The first-order valence-corrected chi connectivity index (χ1v) is 6.19. The normalized spacial score (nSPS) is 10.3. The molecule has 0 radical (unpaired) electrons. The van der Waals surface area contributed by atoms with Gasteiger partial charge in [0.15, 0.2) is 5.82 Å². The van der Waals surface area contributed by atoms with Crippen LogP contribution in [0.5, 0.6) is 0 Å². The molecule has 0 saturated heterocycles. The Kier molecular flexibility index (Phi) is 3.93. The van der Waals surface area contributed by atoms with Gasteiger partial charge in [-0.3, -0.25) is 4.98 Å². The number of rotatable bonds is 4. The van der Waals surface area contributed by atoms with Crippen molar-refractivity contribution in [1.29, 1.82) is 0 Å². The molecule has 0 aliphatic heterocycles. The molecule has 2 rings (SSSR count). The van der Waals surface area contributed by atoms with Gasteiger partial charge in [0, 0.05) is 13.2 Å². The minimum atomic E-state index is -0.997. The van der Waals surface area contributed by atoms with E-state index in [0.29, 0.717) is 23.6 Å². The fourth-order valence-electron chi connectivity index (χ4n) is 1.93. The number of aromatic nitrogens is 3. The molecule has 0 aliphatic rings. The van der Waals surface area contributed by atoms with Gasteiger partial charge in [0.1, 0.15) is 5.56 Å². The highest BCUT2D eigenvalue weighted by Crippen LogP contribution is 2.22. The van der Waals surface area contributed by atoms with Gasteiger partial charge in [0.2, 0.25) is 0 Å². The molecule has 2 heterocycles. The van der Waals surface area contributed by atoms with E-state index in [9.17, 15) is 9.90 Å². The van der Waals surface area contributed by atoms with Crippen LogP contribution in [0.4, 0.5) is 5.82 Å². The third kappa shape index (κ3) is 2.74. The van der Waals surface area contributed by atoms with E-state index in [1.165, 1.54) is 0 Å². The second-order valence-corrected chi connectivity index (χ2v) is 4.59. The molecule has 2 aromatic rings. The Morgan fingerprint density at radius 3 is 2.65 bits per heavy atom. The molecule has 0 spiro atoms. The lowest BCUT2D eigenvalue weighted by Gasteiger charge is -2.20. The molecule has 0 fully saturated rings. The van der Waals surface area contributed by atoms with E-state index in [2.05, 4.69) is 15.2 Å². The van der Waals surface area contributed by atoms with Crippen molar-refractivity contribution in [3.8, 4) is 0 Å². The molecule has 104 valence electrons. The monoisotopic (exact) mass is 272 g/mol. The van der Waals surface area contributed by atoms with E-state index >= 15 is 0 Å². The van der Waals surface area contributed by atoms with Crippen molar-refractivity contribution in [3.05, 3.63) is 46.9 Å². The Morgan fingerprint density at radius 1 is 1.30 bits per heavy atom. The highest BCUT2D eigenvalue weighted by Gasteiger charge is 2.20. The van der Waals surface area contributed by atoms with Gasteiger partial charge in [-0.2, -0.15) is 5.10 Å². The molecule has 0 aromatic carbocycles. The summed E-state index contributed by atoms with van der Waals surface area (Å²) in [6.45, 7) is 3.96. The standard InChI is InChI=1S/C14H16N4O2/c1-9-10(2)16-17-13(12(9)14(19)20)18(3)8-11-6-4-5-7-15-11/h4-7H,8H2,1-3H3,(H,19,20). The number of carboxylic acids is 1. The fraction of sp³-hybridized carbons (Fsp3) is 0.286. The first-order chi connectivity index (χ1) is 9.50. The Labute approximate surface area is 117 Å². The van der Waals surface area contributed by atoms with Crippen LogP contribution < -0.4 is 4.90 Å². The second kappa shape index (κ2) is 5.64. The van der Waals surface area contributed by atoms with E-state index in [1.54, 1.807) is 32.0 Å². The third-order valence-electron chi connectivity index (χ3n) is 3.14. The van der Waals surface area contributed by atoms with Crippen molar-refractivity contribution < 1.29 is 9.90 Å². The van der Waals surface area contributed by atoms with E-state index < -0.39 is 5.97 Å². The van der Waals surface area contributed by atoms with Crippen LogP contribution in [0.2, 0.25) is 0 Å². The molecule has 20 heavy (non-hydrogen) atoms. The summed E-state index contributed by atoms with van der Waals surface area (Å²) >= 11 is 0. The quantitative estimate of drug-likeness (QED) is 0.914. The Morgan fingerprint density at radius 2 is 2.05 bits per heavy atom. The first kappa shape index (κ1) is 13.9. The molecule has 1 N–H and O–H groups in total. The first-order valence-electron chi connectivity index (χ1n) is 6.19. The molecular formula is C14H16N4O2. The van der Waals surface area contributed by atoms with Crippen molar-refractivity contribution in [3.63, 3.8) is 0 Å². The zero-order valence-electron chi connectivity index (χ0n) is 11.7. The number of nitrogens with zero attached hydrogens (tertiary/aromatic N) is 4. The third-order valence-corrected chi connectivity index (χ3v) is 3.14. The topological polar surface area (TPSA) is 79.2 Å². The Hall–Kier alpha value is -2.50. The summed E-state index contributed by atoms with van der Waals surface area (Å²) in [5, 5.41) is 17.4. The second-order valence-electron chi connectivity index (χ2n) is 4.59. The highest BCUT2D eigenvalue weighted by molar-refractivity contribution is 5.95. The Balaban J connectivity index is 2.37. The SMILES string of the molecule is Cc1nnc(N(C)Cc2ccccn2)c(C(=O)O)c1C. The Bertz CT molecular complexity index is 629. The van der Waals surface area contributed by atoms with Crippen molar-refractivity contribution in [2.45, 2.75) is 20.4 Å². The van der Waals surface area contributed by atoms with Crippen LogP contribution in [0.3, 0.4) is 0 Å². The summed E-state index contributed by atoms with van der Waals surface area (Å²) in [6, 6.07) is 5.60. The summed E-state index contributed by atoms with van der Waals surface area (Å²) in [5.74, 6) is -0.644. The van der Waals surface area contributed by atoms with E-state index in [1.807, 2.05) is 18.2 Å². The summed E-state index contributed by atoms with van der Waals surface area (Å²) in [7, 11) is 1.78. The summed E-state index contributed by atoms with van der Waals surface area (Å²) in [6.07, 6.45) is 1.70. The van der Waals surface area contributed by atoms with Crippen LogP contribution in [0, 0.1) is 13.8 Å². The van der Waals surface area contributed by atoms with Gasteiger partial charge in [0.05, 0.1) is 17.9 Å². The van der Waals surface area contributed by atoms with Crippen LogP contribution in [-0.2, 0) is 6.54 Å². The molecule has 6 nitrogen and oxygen atoms in total. The maximum absolute atomic E-state index is 11.4. The molecule has 0 amide bonds. The minimum absolute atomic E-state index is 0.191. The number of hydrogen-bond donors (Lipinski definition) is 1. The maximum Gasteiger partial charge on any atom is 0.339 e. The number of carboxylic acid groups (broad SMARTS) is 1. The lowest BCUT2D eigenvalue weighted by molar-refractivity contribution is 0.0696. The number of aromatic carboxylic acids is 1. The molecule has 0 saturated carbocycles. The predicted octanol–water partition coefficient (Wildman–Crippen LogP) is 1.82. The van der Waals surface area contributed by atoms with Crippen LogP contribution in [0.25, 0.3) is 0 Å². The maximum atomic E-state index is 11.4. The lowest BCUT2D eigenvalue weighted by Crippen LogP contribution is -2.23. The molecular weight excluding hydrogens is 256 g/mol. The van der Waals surface area contributed by atoms with Crippen molar-refractivity contribution in [2.24, 2.45) is 0 Å². The van der Waals surface area contributed by atoms with Gasteiger partial charge in [-0.1, -0.05) is 6.07 Å². The smallest absolute Gasteiger partial charge is 0.339 e. The van der Waals surface area contributed by atoms with E-state index in [0.717, 1.165) is 5.69 Å². The van der Waals surface area contributed by atoms with Crippen molar-refractivity contribution >= 4 is 11.8 Å². The molecule has 6 heteroatoms. The fourth-order valence-corrected chi connectivity index (χ4v) is 1.93. The number of anilines is 1. The average Bonchev–Trinajstić information content (AvgIpc) is 2.42. The lowest BCUT2D eigenvalue weighted by atomic mass is 10.1. The average molecular weight is 272 g/mol. The van der Waals surface area contributed by atoms with E-state index in [4.69, 9.17) is 0 Å². The largest absolute Gasteiger partial charge is 0.478 e. The van der Waals surface area contributed by atoms with Crippen LogP contribution in [0.1, 0.15) is 27.3 Å². The van der Waals surface area contributed by atoms with Crippen LogP contribution >= 0.6 is 0 Å². The minimum Gasteiger partial charge on any atom is -0.478 e. The summed E-state index contributed by atoms with van der Waals surface area (Å²) in [5.41, 5.74) is 2.29. The molecule has 2 aromatic heterocycles. The molecule has 0 bridgehead atoms.